The Morgan fingerprint density at radius 3 is 2.47 bits per heavy atom. The van der Waals surface area contributed by atoms with Crippen LogP contribution in [0.5, 0.6) is 11.5 Å². The molecule has 0 aromatic heterocycles. The van der Waals surface area contributed by atoms with Gasteiger partial charge in [-0.2, -0.15) is 0 Å². The number of rotatable bonds is 7. The smallest absolute Gasteiger partial charge is 0.308 e. The normalized spacial score (nSPS) is 17.8. The van der Waals surface area contributed by atoms with Gasteiger partial charge in [0, 0.05) is 22.6 Å². The van der Waals surface area contributed by atoms with Gasteiger partial charge in [-0.3, -0.25) is 20.5 Å². The molecule has 0 unspecified atom stereocenters. The van der Waals surface area contributed by atoms with Crippen molar-refractivity contribution in [2.24, 2.45) is 5.41 Å². The first-order valence-corrected chi connectivity index (χ1v) is 12.2. The minimum absolute atomic E-state index is 0.0229. The number of hydrogen-bond donors (Lipinski definition) is 2. The fraction of sp³-hybridized carbons (Fsp3) is 0.444. The van der Waals surface area contributed by atoms with Gasteiger partial charge in [0.2, 0.25) is 0 Å². The van der Waals surface area contributed by atoms with Gasteiger partial charge in [0.25, 0.3) is 0 Å². The first-order valence-electron chi connectivity index (χ1n) is 11.8. The van der Waals surface area contributed by atoms with Crippen LogP contribution in [0.4, 0.5) is 5.69 Å². The molecule has 36 heavy (non-hydrogen) atoms. The van der Waals surface area contributed by atoms with Crippen molar-refractivity contribution in [1.29, 1.82) is 10.8 Å². The number of hydrogen-bond acceptors (Lipinski definition) is 7. The zero-order valence-electron chi connectivity index (χ0n) is 21.6. The van der Waals surface area contributed by atoms with Crippen molar-refractivity contribution in [3.05, 3.63) is 52.5 Å². The predicted molar refractivity (Wildman–Crippen MR) is 141 cm³/mol. The topological polar surface area (TPSA) is 105 Å². The van der Waals surface area contributed by atoms with Crippen molar-refractivity contribution in [2.75, 3.05) is 25.7 Å². The molecule has 8 nitrogen and oxygen atoms in total. The zero-order valence-corrected chi connectivity index (χ0v) is 22.4. The van der Waals surface area contributed by atoms with E-state index < -0.39 is 18.2 Å². The number of amidine groups is 2. The van der Waals surface area contributed by atoms with E-state index in [0.29, 0.717) is 39.8 Å². The molecule has 0 fully saturated rings. The van der Waals surface area contributed by atoms with Crippen molar-refractivity contribution in [2.45, 2.75) is 52.7 Å². The maximum Gasteiger partial charge on any atom is 0.308 e. The number of nitrogens with one attached hydrogen (secondary N) is 2. The highest BCUT2D eigenvalue weighted by Gasteiger charge is 2.39. The Morgan fingerprint density at radius 2 is 1.86 bits per heavy atom. The number of halogens is 1. The van der Waals surface area contributed by atoms with Crippen LogP contribution in [0.2, 0.25) is 5.02 Å². The Labute approximate surface area is 217 Å². The largest absolute Gasteiger partial charge is 0.493 e. The molecule has 0 bridgehead atoms. The van der Waals surface area contributed by atoms with Gasteiger partial charge in [-0.1, -0.05) is 44.5 Å². The molecule has 0 amide bonds. The maximum absolute atomic E-state index is 12.5. The number of fused-ring (bicyclic) bond motifs is 1. The number of carbonyl (C=O) groups is 1. The number of esters is 1. The summed E-state index contributed by atoms with van der Waals surface area (Å²) >= 11 is 6.44. The molecule has 0 radical (unpaired) electrons. The van der Waals surface area contributed by atoms with Crippen LogP contribution in [-0.4, -0.2) is 44.6 Å². The average molecular weight is 516 g/mol. The summed E-state index contributed by atoms with van der Waals surface area (Å²) < 4.78 is 22.9. The van der Waals surface area contributed by atoms with E-state index in [0.717, 1.165) is 0 Å². The second-order valence-corrected chi connectivity index (χ2v) is 10.1. The van der Waals surface area contributed by atoms with Gasteiger partial charge >= 0.3 is 5.97 Å². The number of ether oxygens (including phenoxy) is 4. The second-order valence-electron chi connectivity index (χ2n) is 9.70. The van der Waals surface area contributed by atoms with Crippen molar-refractivity contribution in [3.63, 3.8) is 0 Å². The van der Waals surface area contributed by atoms with E-state index in [1.54, 1.807) is 50.3 Å². The molecule has 0 saturated heterocycles. The van der Waals surface area contributed by atoms with Crippen LogP contribution in [0.1, 0.15) is 57.8 Å². The summed E-state index contributed by atoms with van der Waals surface area (Å²) in [7, 11) is 3.09. The third-order valence-corrected chi connectivity index (χ3v) is 5.94. The molecule has 1 heterocycles. The fourth-order valence-corrected chi connectivity index (χ4v) is 4.44. The highest BCUT2D eigenvalue weighted by atomic mass is 35.5. The Hall–Kier alpha value is -3.10. The van der Waals surface area contributed by atoms with Crippen molar-refractivity contribution < 1.29 is 23.7 Å². The molecule has 2 N–H and O–H groups in total. The van der Waals surface area contributed by atoms with Crippen LogP contribution < -0.4 is 14.4 Å². The van der Waals surface area contributed by atoms with Crippen molar-refractivity contribution in [1.82, 2.24) is 0 Å². The summed E-state index contributed by atoms with van der Waals surface area (Å²) in [5, 5.41) is 18.5. The summed E-state index contributed by atoms with van der Waals surface area (Å²) in [6.45, 7) is 8.03. The van der Waals surface area contributed by atoms with Crippen LogP contribution in [-0.2, 0) is 14.3 Å². The van der Waals surface area contributed by atoms with Crippen molar-refractivity contribution >= 4 is 34.9 Å². The van der Waals surface area contributed by atoms with Gasteiger partial charge in [0.05, 0.1) is 32.9 Å². The van der Waals surface area contributed by atoms with E-state index in [9.17, 15) is 4.79 Å². The van der Waals surface area contributed by atoms with Crippen LogP contribution >= 0.6 is 11.6 Å². The molecule has 2 atom stereocenters. The highest BCUT2D eigenvalue weighted by molar-refractivity contribution is 6.31. The lowest BCUT2D eigenvalue weighted by Crippen LogP contribution is -2.44. The Bertz CT molecular complexity index is 1140. The maximum atomic E-state index is 12.5. The molecule has 1 aliphatic heterocycles. The first kappa shape index (κ1) is 27.5. The SMILES string of the molecule is CCOC(=O)C[C@H]1O[C@H](c2cccc(OC)c2OC)c2cc(Cl)ccc2N(C(=N)CC(C)(C)C)C1=N. The Morgan fingerprint density at radius 1 is 1.14 bits per heavy atom. The molecule has 2 aromatic carbocycles. The third-order valence-electron chi connectivity index (χ3n) is 5.70. The zero-order chi connectivity index (χ0) is 26.6. The summed E-state index contributed by atoms with van der Waals surface area (Å²) in [6.07, 6.45) is -1.54. The minimum Gasteiger partial charge on any atom is -0.493 e. The van der Waals surface area contributed by atoms with E-state index >= 15 is 0 Å². The van der Waals surface area contributed by atoms with Crippen LogP contribution in [0.15, 0.2) is 36.4 Å². The highest BCUT2D eigenvalue weighted by Crippen LogP contribution is 2.45. The van der Waals surface area contributed by atoms with E-state index in [-0.39, 0.29) is 30.1 Å². The average Bonchev–Trinajstić information content (AvgIpc) is 2.91. The van der Waals surface area contributed by atoms with E-state index in [2.05, 4.69) is 0 Å². The lowest BCUT2D eigenvalue weighted by atomic mass is 9.90. The van der Waals surface area contributed by atoms with E-state index in [4.69, 9.17) is 41.4 Å². The minimum atomic E-state index is -0.989. The Kier molecular flexibility index (Phi) is 8.63. The van der Waals surface area contributed by atoms with E-state index in [1.165, 1.54) is 0 Å². The van der Waals surface area contributed by atoms with Gasteiger partial charge in [0.1, 0.15) is 23.9 Å². The monoisotopic (exact) mass is 515 g/mol. The van der Waals surface area contributed by atoms with Gasteiger partial charge in [-0.25, -0.2) is 0 Å². The number of benzene rings is 2. The lowest BCUT2D eigenvalue weighted by Gasteiger charge is -2.31. The molecule has 9 heteroatoms. The number of methoxy groups -OCH3 is 2. The van der Waals surface area contributed by atoms with Gasteiger partial charge < -0.3 is 18.9 Å². The number of carbonyl (C=O) groups excluding carboxylic acids is 1. The number of para-hydroxylation sites is 1. The molecule has 0 saturated carbocycles. The van der Waals surface area contributed by atoms with Gasteiger partial charge in [0.15, 0.2) is 11.5 Å². The van der Waals surface area contributed by atoms with Crippen LogP contribution in [0.3, 0.4) is 0 Å². The molecular weight excluding hydrogens is 482 g/mol. The summed E-state index contributed by atoms with van der Waals surface area (Å²) in [5.74, 6) is 0.684. The van der Waals surface area contributed by atoms with Crippen LogP contribution in [0.25, 0.3) is 0 Å². The van der Waals surface area contributed by atoms with Crippen molar-refractivity contribution in [3.8, 4) is 11.5 Å². The molecule has 2 aromatic rings. The van der Waals surface area contributed by atoms with E-state index in [1.807, 2.05) is 32.9 Å². The number of anilines is 1. The summed E-state index contributed by atoms with van der Waals surface area (Å²) in [4.78, 5) is 14.1. The van der Waals surface area contributed by atoms with Gasteiger partial charge in [-0.15, -0.1) is 0 Å². The second kappa shape index (κ2) is 11.3. The molecule has 0 spiro atoms. The molecule has 3 rings (SSSR count). The first-order chi connectivity index (χ1) is 17.0. The molecular formula is C27H34ClN3O5. The van der Waals surface area contributed by atoms with Crippen LogP contribution in [0, 0.1) is 16.2 Å². The molecule has 1 aliphatic rings. The third kappa shape index (κ3) is 5.99. The lowest BCUT2D eigenvalue weighted by molar-refractivity contribution is -0.145. The molecule has 194 valence electrons. The fourth-order valence-electron chi connectivity index (χ4n) is 4.26. The Balaban J connectivity index is 2.25. The van der Waals surface area contributed by atoms with Gasteiger partial charge in [-0.05, 0) is 36.6 Å². The standard InChI is InChI=1S/C27H34ClN3O5/c1-7-35-23(32)14-21-26(30)31(22(29)15-27(2,3)4)19-12-11-16(28)13-18(19)24(36-21)17-9-8-10-20(33-5)25(17)34-6/h8-13,21,24,29-30H,7,14-15H2,1-6H3/t21-,24-/m1/s1. The summed E-state index contributed by atoms with van der Waals surface area (Å²) in [6, 6.07) is 10.7. The quantitative estimate of drug-likeness (QED) is 0.266. The predicted octanol–water partition coefficient (Wildman–Crippen LogP) is 6.00. The summed E-state index contributed by atoms with van der Waals surface area (Å²) in [5.41, 5.74) is 1.67. The number of nitrogens with zero attached hydrogens (tertiary/aromatic N) is 1. The molecule has 0 aliphatic carbocycles.